The number of nitro benzene ring substituents is 1. The lowest BCUT2D eigenvalue weighted by molar-refractivity contribution is -0.385. The van der Waals surface area contributed by atoms with E-state index in [0.29, 0.717) is 12.1 Å². The quantitative estimate of drug-likeness (QED) is 0.629. The molecule has 1 unspecified atom stereocenters. The molecule has 1 amide bonds. The lowest BCUT2D eigenvalue weighted by Gasteiger charge is -2.33. The third-order valence-electron chi connectivity index (χ3n) is 3.69. The molecule has 0 N–H and O–H groups in total. The van der Waals surface area contributed by atoms with Crippen LogP contribution in [-0.2, 0) is 0 Å². The third kappa shape index (κ3) is 2.74. The summed E-state index contributed by atoms with van der Waals surface area (Å²) < 4.78 is 4.94. The number of nitro groups is 1. The Morgan fingerprint density at radius 1 is 1.45 bits per heavy atom. The van der Waals surface area contributed by atoms with Crippen LogP contribution in [0.3, 0.4) is 0 Å². The monoisotopic (exact) mass is 278 g/mol. The molecule has 0 aliphatic carbocycles. The molecule has 0 saturated carbocycles. The number of benzene rings is 1. The highest BCUT2D eigenvalue weighted by Gasteiger charge is 2.26. The van der Waals surface area contributed by atoms with Gasteiger partial charge < -0.3 is 9.64 Å². The van der Waals surface area contributed by atoms with Gasteiger partial charge in [0.05, 0.1) is 12.0 Å². The van der Waals surface area contributed by atoms with Crippen molar-refractivity contribution in [3.63, 3.8) is 0 Å². The van der Waals surface area contributed by atoms with Crippen LogP contribution >= 0.6 is 0 Å². The molecule has 1 fully saturated rings. The van der Waals surface area contributed by atoms with Gasteiger partial charge in [-0.05, 0) is 38.3 Å². The number of hydrogen-bond acceptors (Lipinski definition) is 4. The van der Waals surface area contributed by atoms with Gasteiger partial charge in [0.2, 0.25) is 0 Å². The molecule has 1 heterocycles. The lowest BCUT2D eigenvalue weighted by Crippen LogP contribution is -2.42. The van der Waals surface area contributed by atoms with E-state index in [4.69, 9.17) is 4.74 Å². The fourth-order valence-corrected chi connectivity index (χ4v) is 2.53. The van der Waals surface area contributed by atoms with Crippen molar-refractivity contribution in [3.05, 3.63) is 33.9 Å². The Morgan fingerprint density at radius 3 is 2.80 bits per heavy atom. The van der Waals surface area contributed by atoms with Gasteiger partial charge in [-0.3, -0.25) is 14.9 Å². The van der Waals surface area contributed by atoms with Crippen molar-refractivity contribution < 1.29 is 14.5 Å². The van der Waals surface area contributed by atoms with Gasteiger partial charge in [-0.25, -0.2) is 0 Å². The molecule has 1 aliphatic rings. The number of methoxy groups -OCH3 is 1. The summed E-state index contributed by atoms with van der Waals surface area (Å²) in [6, 6.07) is 4.52. The average Bonchev–Trinajstić information content (AvgIpc) is 2.46. The van der Waals surface area contributed by atoms with Gasteiger partial charge >= 0.3 is 5.69 Å². The van der Waals surface area contributed by atoms with Crippen LogP contribution in [0.25, 0.3) is 0 Å². The maximum atomic E-state index is 12.4. The molecular formula is C14H18N2O4. The summed E-state index contributed by atoms with van der Waals surface area (Å²) in [5, 5.41) is 11.0. The fourth-order valence-electron chi connectivity index (χ4n) is 2.53. The number of ether oxygens (including phenoxy) is 1. The highest BCUT2D eigenvalue weighted by atomic mass is 16.6. The van der Waals surface area contributed by atoms with E-state index >= 15 is 0 Å². The van der Waals surface area contributed by atoms with Crippen LogP contribution in [0.4, 0.5) is 5.69 Å². The average molecular weight is 278 g/mol. The van der Waals surface area contributed by atoms with Gasteiger partial charge in [-0.15, -0.1) is 0 Å². The van der Waals surface area contributed by atoms with E-state index in [2.05, 4.69) is 0 Å². The Balaban J connectivity index is 2.30. The molecule has 0 spiro atoms. The van der Waals surface area contributed by atoms with Gasteiger partial charge in [-0.2, -0.15) is 0 Å². The molecule has 1 aromatic rings. The van der Waals surface area contributed by atoms with Crippen molar-refractivity contribution in [2.45, 2.75) is 32.2 Å². The zero-order chi connectivity index (χ0) is 14.7. The van der Waals surface area contributed by atoms with E-state index in [1.807, 2.05) is 6.92 Å². The zero-order valence-electron chi connectivity index (χ0n) is 11.7. The molecule has 1 saturated heterocycles. The SMILES string of the molecule is COc1ccc(C(=O)N2CCCCC2C)cc1[N+](=O)[O-]. The first-order chi connectivity index (χ1) is 9.54. The predicted octanol–water partition coefficient (Wildman–Crippen LogP) is 2.62. The molecule has 6 nitrogen and oxygen atoms in total. The van der Waals surface area contributed by atoms with Crippen molar-refractivity contribution in [1.29, 1.82) is 0 Å². The molecular weight excluding hydrogens is 260 g/mol. The Bertz CT molecular complexity index is 530. The van der Waals surface area contributed by atoms with E-state index in [1.54, 1.807) is 11.0 Å². The molecule has 6 heteroatoms. The van der Waals surface area contributed by atoms with Gasteiger partial charge in [0.25, 0.3) is 5.91 Å². The normalized spacial score (nSPS) is 18.7. The van der Waals surface area contributed by atoms with Gasteiger partial charge in [0.1, 0.15) is 0 Å². The number of hydrogen-bond donors (Lipinski definition) is 0. The van der Waals surface area contributed by atoms with Crippen molar-refractivity contribution in [2.24, 2.45) is 0 Å². The summed E-state index contributed by atoms with van der Waals surface area (Å²) in [5.41, 5.74) is 0.161. The fraction of sp³-hybridized carbons (Fsp3) is 0.500. The lowest BCUT2D eigenvalue weighted by atomic mass is 10.0. The minimum Gasteiger partial charge on any atom is -0.490 e. The van der Waals surface area contributed by atoms with E-state index in [-0.39, 0.29) is 23.4 Å². The summed E-state index contributed by atoms with van der Waals surface area (Å²) in [4.78, 5) is 24.7. The second kappa shape index (κ2) is 5.90. The van der Waals surface area contributed by atoms with Crippen molar-refractivity contribution in [2.75, 3.05) is 13.7 Å². The first-order valence-corrected chi connectivity index (χ1v) is 6.68. The Labute approximate surface area is 117 Å². The summed E-state index contributed by atoms with van der Waals surface area (Å²) in [7, 11) is 1.37. The number of piperidine rings is 1. The van der Waals surface area contributed by atoms with Crippen molar-refractivity contribution >= 4 is 11.6 Å². The second-order valence-corrected chi connectivity index (χ2v) is 4.99. The summed E-state index contributed by atoms with van der Waals surface area (Å²) in [6.07, 6.45) is 3.08. The highest BCUT2D eigenvalue weighted by Crippen LogP contribution is 2.29. The number of rotatable bonds is 3. The Kier molecular flexibility index (Phi) is 4.22. The van der Waals surface area contributed by atoms with E-state index in [1.165, 1.54) is 19.2 Å². The number of carbonyl (C=O) groups is 1. The second-order valence-electron chi connectivity index (χ2n) is 4.99. The smallest absolute Gasteiger partial charge is 0.311 e. The van der Waals surface area contributed by atoms with Crippen LogP contribution in [0.15, 0.2) is 18.2 Å². The van der Waals surface area contributed by atoms with Crippen LogP contribution in [0.5, 0.6) is 5.75 Å². The molecule has 1 atom stereocenters. The summed E-state index contributed by atoms with van der Waals surface area (Å²) in [6.45, 7) is 2.72. The molecule has 108 valence electrons. The Hall–Kier alpha value is -2.11. The van der Waals surface area contributed by atoms with Crippen molar-refractivity contribution in [1.82, 2.24) is 4.90 Å². The minimum atomic E-state index is -0.532. The van der Waals surface area contributed by atoms with Crippen LogP contribution in [0.2, 0.25) is 0 Å². The van der Waals surface area contributed by atoms with Gasteiger partial charge in [-0.1, -0.05) is 0 Å². The number of carbonyl (C=O) groups excluding carboxylic acids is 1. The van der Waals surface area contributed by atoms with Crippen LogP contribution in [0.1, 0.15) is 36.5 Å². The van der Waals surface area contributed by atoms with Crippen LogP contribution < -0.4 is 4.74 Å². The first-order valence-electron chi connectivity index (χ1n) is 6.68. The molecule has 1 aromatic carbocycles. The molecule has 0 aromatic heterocycles. The predicted molar refractivity (Wildman–Crippen MR) is 74.0 cm³/mol. The molecule has 20 heavy (non-hydrogen) atoms. The highest BCUT2D eigenvalue weighted by molar-refractivity contribution is 5.95. The van der Waals surface area contributed by atoms with Crippen LogP contribution in [0, 0.1) is 10.1 Å². The zero-order valence-corrected chi connectivity index (χ0v) is 11.7. The van der Waals surface area contributed by atoms with Gasteiger partial charge in [0, 0.05) is 24.2 Å². The summed E-state index contributed by atoms with van der Waals surface area (Å²) in [5.74, 6) is 0.0150. The third-order valence-corrected chi connectivity index (χ3v) is 3.69. The standard InChI is InChI=1S/C14H18N2O4/c1-10-5-3-4-8-15(10)14(17)11-6-7-13(20-2)12(9-11)16(18)19/h6-7,9-10H,3-5,8H2,1-2H3. The van der Waals surface area contributed by atoms with E-state index in [9.17, 15) is 14.9 Å². The Morgan fingerprint density at radius 2 is 2.20 bits per heavy atom. The largest absolute Gasteiger partial charge is 0.490 e. The van der Waals surface area contributed by atoms with Crippen LogP contribution in [-0.4, -0.2) is 35.4 Å². The molecule has 0 bridgehead atoms. The van der Waals surface area contributed by atoms with E-state index < -0.39 is 4.92 Å². The first kappa shape index (κ1) is 14.3. The van der Waals surface area contributed by atoms with E-state index in [0.717, 1.165) is 19.3 Å². The van der Waals surface area contributed by atoms with Gasteiger partial charge in [0.15, 0.2) is 5.75 Å². The number of amides is 1. The van der Waals surface area contributed by atoms with Crippen molar-refractivity contribution in [3.8, 4) is 5.75 Å². The molecule has 1 aliphatic heterocycles. The maximum absolute atomic E-state index is 12.4. The topological polar surface area (TPSA) is 72.7 Å². The molecule has 2 rings (SSSR count). The maximum Gasteiger partial charge on any atom is 0.311 e. The number of nitrogens with zero attached hydrogens (tertiary/aromatic N) is 2. The minimum absolute atomic E-state index is 0.150. The molecule has 0 radical (unpaired) electrons. The number of likely N-dealkylation sites (tertiary alicyclic amines) is 1. The summed E-state index contributed by atoms with van der Waals surface area (Å²) >= 11 is 0.